The van der Waals surface area contributed by atoms with Gasteiger partial charge in [-0.15, -0.1) is 0 Å². The molecule has 8 nitrogen and oxygen atoms in total. The highest BCUT2D eigenvalue weighted by atomic mass is 19.2. The number of amides is 1. The highest BCUT2D eigenvalue weighted by molar-refractivity contribution is 5.69. The molecule has 0 bridgehead atoms. The van der Waals surface area contributed by atoms with E-state index in [-0.39, 0.29) is 25.3 Å². The predicted octanol–water partition coefficient (Wildman–Crippen LogP) is 2.77. The maximum Gasteiger partial charge on any atom is 0.425 e. The van der Waals surface area contributed by atoms with Gasteiger partial charge in [0.05, 0.1) is 13.2 Å². The van der Waals surface area contributed by atoms with Crippen LogP contribution in [0.5, 0.6) is 0 Å². The molecule has 2 atom stereocenters. The Hall–Kier alpha value is -2.33. The number of nitrogens with zero attached hydrogens (tertiary/aromatic N) is 3. The molecule has 150 valence electrons. The molecular formula is C17H23F2N3O5. The molecule has 1 aliphatic heterocycles. The Morgan fingerprint density at radius 3 is 2.52 bits per heavy atom. The van der Waals surface area contributed by atoms with Crippen LogP contribution in [-0.4, -0.2) is 59.5 Å². The van der Waals surface area contributed by atoms with Gasteiger partial charge < -0.3 is 9.47 Å². The van der Waals surface area contributed by atoms with Crippen LogP contribution in [0, 0.1) is 21.7 Å². The van der Waals surface area contributed by atoms with Gasteiger partial charge in [0.1, 0.15) is 11.6 Å². The normalized spacial score (nSPS) is 20.7. The summed E-state index contributed by atoms with van der Waals surface area (Å²) in [5.41, 5.74) is -0.726. The second-order valence-corrected chi connectivity index (χ2v) is 7.20. The summed E-state index contributed by atoms with van der Waals surface area (Å²) in [6.07, 6.45) is -0.808. The van der Waals surface area contributed by atoms with E-state index in [1.807, 2.05) is 0 Å². The van der Waals surface area contributed by atoms with Crippen molar-refractivity contribution in [2.75, 3.05) is 26.8 Å². The van der Waals surface area contributed by atoms with Crippen LogP contribution in [0.2, 0.25) is 0 Å². The number of ether oxygens (including phenoxy) is 2. The summed E-state index contributed by atoms with van der Waals surface area (Å²) in [5, 5.41) is 14.2. The predicted molar refractivity (Wildman–Crippen MR) is 91.4 cm³/mol. The minimum absolute atomic E-state index is 0.0980. The third kappa shape index (κ3) is 4.89. The van der Waals surface area contributed by atoms with E-state index in [1.54, 1.807) is 20.8 Å². The van der Waals surface area contributed by atoms with Crippen molar-refractivity contribution in [2.24, 2.45) is 0 Å². The Kier molecular flexibility index (Phi) is 6.32. The van der Waals surface area contributed by atoms with E-state index < -0.39 is 40.3 Å². The largest absolute Gasteiger partial charge is 0.443 e. The molecule has 2 rings (SSSR count). The summed E-state index contributed by atoms with van der Waals surface area (Å²) in [5.74, 6) is -2.22. The average Bonchev–Trinajstić information content (AvgIpc) is 2.93. The second-order valence-electron chi connectivity index (χ2n) is 7.20. The lowest BCUT2D eigenvalue weighted by atomic mass is 10.0. The molecule has 0 spiro atoms. The van der Waals surface area contributed by atoms with Gasteiger partial charge in [-0.3, -0.25) is 10.1 Å². The Balaban J connectivity index is 2.47. The smallest absolute Gasteiger partial charge is 0.425 e. The molecule has 1 fully saturated rings. The van der Waals surface area contributed by atoms with E-state index >= 15 is 0 Å². The Morgan fingerprint density at radius 1 is 1.33 bits per heavy atom. The summed E-state index contributed by atoms with van der Waals surface area (Å²) >= 11 is 0. The molecule has 1 heterocycles. The van der Waals surface area contributed by atoms with Crippen LogP contribution in [0.3, 0.4) is 0 Å². The standard InChI is InChI=1S/C17H23F2N3O5/c1-17(2,3)27-16(23)21-15(11-5-6-12(18)13(19)9-11)14(22(24)25)10-20(21)7-8-26-4/h5-6,9,14-15H,7-8,10H2,1-4H3/t14-,15+/m1/s1. The molecule has 1 amide bonds. The van der Waals surface area contributed by atoms with E-state index in [1.165, 1.54) is 18.2 Å². The van der Waals surface area contributed by atoms with E-state index in [0.29, 0.717) is 0 Å². The molecule has 1 aliphatic rings. The number of rotatable bonds is 5. The average molecular weight is 387 g/mol. The van der Waals surface area contributed by atoms with Crippen LogP contribution in [0.25, 0.3) is 0 Å². The first-order chi connectivity index (χ1) is 12.5. The van der Waals surface area contributed by atoms with Gasteiger partial charge in [0, 0.05) is 18.6 Å². The topological polar surface area (TPSA) is 85.2 Å². The minimum Gasteiger partial charge on any atom is -0.443 e. The van der Waals surface area contributed by atoms with Gasteiger partial charge in [-0.25, -0.2) is 23.6 Å². The molecule has 0 aliphatic carbocycles. The molecular weight excluding hydrogens is 364 g/mol. The highest BCUT2D eigenvalue weighted by Gasteiger charge is 2.51. The fraction of sp³-hybridized carbons (Fsp3) is 0.588. The first-order valence-corrected chi connectivity index (χ1v) is 8.39. The number of benzene rings is 1. The van der Waals surface area contributed by atoms with Gasteiger partial charge >= 0.3 is 6.09 Å². The zero-order valence-corrected chi connectivity index (χ0v) is 15.6. The van der Waals surface area contributed by atoms with Crippen molar-refractivity contribution in [3.8, 4) is 0 Å². The summed E-state index contributed by atoms with van der Waals surface area (Å²) in [4.78, 5) is 23.8. The van der Waals surface area contributed by atoms with Crippen LogP contribution in [-0.2, 0) is 9.47 Å². The van der Waals surface area contributed by atoms with E-state index in [9.17, 15) is 23.7 Å². The Morgan fingerprint density at radius 2 is 2.00 bits per heavy atom. The van der Waals surface area contributed by atoms with Crippen molar-refractivity contribution < 1.29 is 28.0 Å². The fourth-order valence-electron chi connectivity index (χ4n) is 2.92. The van der Waals surface area contributed by atoms with Crippen LogP contribution < -0.4 is 0 Å². The summed E-state index contributed by atoms with van der Waals surface area (Å²) in [6, 6.07) is 0.609. The zero-order chi connectivity index (χ0) is 20.4. The summed E-state index contributed by atoms with van der Waals surface area (Å²) < 4.78 is 37.5. The quantitative estimate of drug-likeness (QED) is 0.571. The van der Waals surface area contributed by atoms with Gasteiger partial charge in [0.15, 0.2) is 11.6 Å². The van der Waals surface area contributed by atoms with Crippen LogP contribution in [0.1, 0.15) is 32.4 Å². The Bertz CT molecular complexity index is 710. The number of hydrogen-bond donors (Lipinski definition) is 0. The molecule has 0 saturated carbocycles. The first kappa shape index (κ1) is 21.0. The number of methoxy groups -OCH3 is 1. The fourth-order valence-corrected chi connectivity index (χ4v) is 2.92. The lowest BCUT2D eigenvalue weighted by Gasteiger charge is -2.33. The van der Waals surface area contributed by atoms with Gasteiger partial charge in [0.25, 0.3) is 6.04 Å². The molecule has 1 saturated heterocycles. The number of carbonyl (C=O) groups is 1. The second kappa shape index (κ2) is 8.13. The van der Waals surface area contributed by atoms with E-state index in [2.05, 4.69) is 0 Å². The number of carbonyl (C=O) groups excluding carboxylic acids is 1. The maximum absolute atomic E-state index is 13.7. The van der Waals surface area contributed by atoms with Crippen LogP contribution in [0.15, 0.2) is 18.2 Å². The summed E-state index contributed by atoms with van der Waals surface area (Å²) in [7, 11) is 1.46. The number of nitro groups is 1. The maximum atomic E-state index is 13.7. The SMILES string of the molecule is COCCN1C[C@@H]([N+](=O)[O-])[C@H](c2ccc(F)c(F)c2)N1C(=O)OC(C)(C)C. The monoisotopic (exact) mass is 387 g/mol. The van der Waals surface area contributed by atoms with Gasteiger partial charge in [0.2, 0.25) is 0 Å². The van der Waals surface area contributed by atoms with Crippen LogP contribution in [0.4, 0.5) is 13.6 Å². The lowest BCUT2D eigenvalue weighted by Crippen LogP contribution is -2.46. The molecule has 0 unspecified atom stereocenters. The van der Waals surface area contributed by atoms with Crippen molar-refractivity contribution in [1.29, 1.82) is 0 Å². The molecule has 0 N–H and O–H groups in total. The molecule has 0 aromatic heterocycles. The van der Waals surface area contributed by atoms with Crippen molar-refractivity contribution in [2.45, 2.75) is 38.5 Å². The summed E-state index contributed by atoms with van der Waals surface area (Å²) in [6.45, 7) is 5.31. The molecule has 1 aromatic rings. The van der Waals surface area contributed by atoms with E-state index in [0.717, 1.165) is 17.1 Å². The number of hydrogen-bond acceptors (Lipinski definition) is 6. The van der Waals surface area contributed by atoms with Gasteiger partial charge in [-0.05, 0) is 38.5 Å². The third-order valence-electron chi connectivity index (χ3n) is 4.02. The van der Waals surface area contributed by atoms with Gasteiger partial charge in [-0.1, -0.05) is 6.07 Å². The first-order valence-electron chi connectivity index (χ1n) is 8.39. The minimum atomic E-state index is -1.24. The number of hydrazine groups is 1. The van der Waals surface area contributed by atoms with Crippen molar-refractivity contribution >= 4 is 6.09 Å². The highest BCUT2D eigenvalue weighted by Crippen LogP contribution is 2.36. The molecule has 27 heavy (non-hydrogen) atoms. The van der Waals surface area contributed by atoms with E-state index in [4.69, 9.17) is 9.47 Å². The number of halogens is 2. The molecule has 0 radical (unpaired) electrons. The third-order valence-corrected chi connectivity index (χ3v) is 4.02. The van der Waals surface area contributed by atoms with Crippen molar-refractivity contribution in [1.82, 2.24) is 10.0 Å². The zero-order valence-electron chi connectivity index (χ0n) is 15.6. The van der Waals surface area contributed by atoms with Gasteiger partial charge in [-0.2, -0.15) is 0 Å². The van der Waals surface area contributed by atoms with Crippen LogP contribution >= 0.6 is 0 Å². The van der Waals surface area contributed by atoms with Crippen molar-refractivity contribution in [3.63, 3.8) is 0 Å². The molecule has 1 aromatic carbocycles. The lowest BCUT2D eigenvalue weighted by molar-refractivity contribution is -0.522. The Labute approximate surface area is 155 Å². The molecule has 10 heteroatoms. The van der Waals surface area contributed by atoms with Crippen molar-refractivity contribution in [3.05, 3.63) is 45.5 Å².